The molecule has 5 nitrogen and oxygen atoms in total. The summed E-state index contributed by atoms with van der Waals surface area (Å²) in [5.41, 5.74) is 0. The number of amides is 1. The Kier molecular flexibility index (Phi) is 9.06. The highest BCUT2D eigenvalue weighted by Crippen LogP contribution is 1.91. The van der Waals surface area contributed by atoms with Crippen molar-refractivity contribution >= 4 is 11.9 Å². The molecule has 0 aromatic carbocycles. The molecule has 3 N–H and O–H groups in total. The van der Waals surface area contributed by atoms with E-state index in [1.807, 2.05) is 20.8 Å². The summed E-state index contributed by atoms with van der Waals surface area (Å²) in [6, 6.07) is 0. The summed E-state index contributed by atoms with van der Waals surface area (Å²) in [5, 5.41) is 9.23. The lowest BCUT2D eigenvalue weighted by Gasteiger charge is -2.13. The molecule has 0 bridgehead atoms. The molecule has 0 radical (unpaired) electrons. The Balaban J connectivity index is 3.90. The first-order valence-electron chi connectivity index (χ1n) is 6.77. The van der Waals surface area contributed by atoms with Crippen LogP contribution in [0.2, 0.25) is 0 Å². The first kappa shape index (κ1) is 16.7. The first-order chi connectivity index (χ1) is 8.47. The molecule has 0 aromatic rings. The molecule has 1 amide bonds. The molecule has 106 valence electrons. The summed E-state index contributed by atoms with van der Waals surface area (Å²) >= 11 is 0. The standard InChI is InChI=1S/C13H28N4O/c1-6-14-13(17-9-10(2)3)16-8-7-15-12(18)11(4)5/h10-11H,6-9H2,1-5H3,(H,15,18)(H2,14,16,17). The highest BCUT2D eigenvalue weighted by atomic mass is 16.1. The molecule has 0 heterocycles. The number of guanidine groups is 1. The number of hydrogen-bond acceptors (Lipinski definition) is 2. The van der Waals surface area contributed by atoms with Crippen molar-refractivity contribution in [3.8, 4) is 0 Å². The van der Waals surface area contributed by atoms with Gasteiger partial charge in [-0.25, -0.2) is 0 Å². The lowest BCUT2D eigenvalue weighted by molar-refractivity contribution is -0.123. The number of hydrogen-bond donors (Lipinski definition) is 3. The third kappa shape index (κ3) is 8.84. The van der Waals surface area contributed by atoms with Crippen molar-refractivity contribution in [1.82, 2.24) is 16.0 Å². The van der Waals surface area contributed by atoms with Crippen molar-refractivity contribution in [3.63, 3.8) is 0 Å². The minimum atomic E-state index is 0.0350. The maximum atomic E-state index is 11.3. The van der Waals surface area contributed by atoms with Gasteiger partial charge in [-0.2, -0.15) is 0 Å². The molecule has 0 aliphatic heterocycles. The summed E-state index contributed by atoms with van der Waals surface area (Å²) in [7, 11) is 0. The van der Waals surface area contributed by atoms with Crippen LogP contribution in [0, 0.1) is 11.8 Å². The van der Waals surface area contributed by atoms with Crippen LogP contribution >= 0.6 is 0 Å². The van der Waals surface area contributed by atoms with Crippen LogP contribution in [0.1, 0.15) is 34.6 Å². The van der Waals surface area contributed by atoms with E-state index in [9.17, 15) is 4.79 Å². The first-order valence-corrected chi connectivity index (χ1v) is 6.77. The fourth-order valence-corrected chi connectivity index (χ4v) is 1.19. The lowest BCUT2D eigenvalue weighted by Crippen LogP contribution is -2.42. The average molecular weight is 256 g/mol. The maximum Gasteiger partial charge on any atom is 0.222 e. The van der Waals surface area contributed by atoms with Crippen LogP contribution in [-0.2, 0) is 4.79 Å². The third-order valence-electron chi connectivity index (χ3n) is 2.20. The van der Waals surface area contributed by atoms with Gasteiger partial charge in [-0.15, -0.1) is 0 Å². The van der Waals surface area contributed by atoms with Gasteiger partial charge in [-0.1, -0.05) is 27.7 Å². The molecule has 0 fully saturated rings. The zero-order chi connectivity index (χ0) is 14.0. The molecular weight excluding hydrogens is 228 g/mol. The Morgan fingerprint density at radius 2 is 1.67 bits per heavy atom. The predicted octanol–water partition coefficient (Wildman–Crippen LogP) is 0.970. The number of carbonyl (C=O) groups excluding carboxylic acids is 1. The fraction of sp³-hybridized carbons (Fsp3) is 0.846. The summed E-state index contributed by atoms with van der Waals surface area (Å²) in [6.45, 7) is 13.0. The van der Waals surface area contributed by atoms with E-state index in [0.29, 0.717) is 19.0 Å². The summed E-state index contributed by atoms with van der Waals surface area (Å²) in [6.07, 6.45) is 0. The smallest absolute Gasteiger partial charge is 0.222 e. The van der Waals surface area contributed by atoms with Crippen molar-refractivity contribution in [3.05, 3.63) is 0 Å². The molecule has 0 rings (SSSR count). The minimum absolute atomic E-state index is 0.0350. The lowest BCUT2D eigenvalue weighted by atomic mass is 10.2. The zero-order valence-corrected chi connectivity index (χ0v) is 12.3. The average Bonchev–Trinajstić information content (AvgIpc) is 2.30. The molecule has 0 spiro atoms. The molecule has 18 heavy (non-hydrogen) atoms. The van der Waals surface area contributed by atoms with Gasteiger partial charge >= 0.3 is 0 Å². The maximum absolute atomic E-state index is 11.3. The van der Waals surface area contributed by atoms with Gasteiger partial charge in [0.15, 0.2) is 5.96 Å². The second-order valence-corrected chi connectivity index (χ2v) is 4.99. The second-order valence-electron chi connectivity index (χ2n) is 4.99. The van der Waals surface area contributed by atoms with E-state index in [-0.39, 0.29) is 11.8 Å². The number of carbonyl (C=O) groups is 1. The molecule has 0 aliphatic carbocycles. The number of nitrogens with one attached hydrogen (secondary N) is 3. The Morgan fingerprint density at radius 3 is 2.17 bits per heavy atom. The van der Waals surface area contributed by atoms with Crippen LogP contribution < -0.4 is 16.0 Å². The summed E-state index contributed by atoms with van der Waals surface area (Å²) in [5.74, 6) is 1.47. The van der Waals surface area contributed by atoms with E-state index in [4.69, 9.17) is 0 Å². The normalized spacial score (nSPS) is 11.8. The summed E-state index contributed by atoms with van der Waals surface area (Å²) < 4.78 is 0. The SMILES string of the molecule is CCNC(=NCC(C)C)NCCNC(=O)C(C)C. The van der Waals surface area contributed by atoms with Gasteiger partial charge in [-0.3, -0.25) is 9.79 Å². The van der Waals surface area contributed by atoms with Crippen molar-refractivity contribution in [2.24, 2.45) is 16.8 Å². The molecular formula is C13H28N4O. The molecule has 0 aromatic heterocycles. The molecule has 5 heteroatoms. The number of nitrogens with zero attached hydrogens (tertiary/aromatic N) is 1. The number of rotatable bonds is 7. The highest BCUT2D eigenvalue weighted by Gasteiger charge is 2.05. The van der Waals surface area contributed by atoms with Crippen molar-refractivity contribution in [1.29, 1.82) is 0 Å². The largest absolute Gasteiger partial charge is 0.357 e. The van der Waals surface area contributed by atoms with Crippen LogP contribution in [-0.4, -0.2) is 38.0 Å². The predicted molar refractivity (Wildman–Crippen MR) is 76.7 cm³/mol. The summed E-state index contributed by atoms with van der Waals surface area (Å²) in [4.78, 5) is 15.8. The molecule has 0 aliphatic rings. The Labute approximate surface area is 111 Å². The van der Waals surface area contributed by atoms with Crippen molar-refractivity contribution < 1.29 is 4.79 Å². The number of aliphatic imine (C=N–C) groups is 1. The topological polar surface area (TPSA) is 65.5 Å². The van der Waals surface area contributed by atoms with Crippen molar-refractivity contribution in [2.75, 3.05) is 26.2 Å². The van der Waals surface area contributed by atoms with Gasteiger partial charge in [-0.05, 0) is 12.8 Å². The van der Waals surface area contributed by atoms with E-state index < -0.39 is 0 Å². The molecule has 0 unspecified atom stereocenters. The quantitative estimate of drug-likeness (QED) is 0.361. The van der Waals surface area contributed by atoms with Crippen LogP contribution in [0.15, 0.2) is 4.99 Å². The second kappa shape index (κ2) is 9.74. The molecule has 0 atom stereocenters. The Morgan fingerprint density at radius 1 is 1.06 bits per heavy atom. The van der Waals surface area contributed by atoms with Crippen LogP contribution in [0.5, 0.6) is 0 Å². The third-order valence-corrected chi connectivity index (χ3v) is 2.20. The van der Waals surface area contributed by atoms with Crippen molar-refractivity contribution in [2.45, 2.75) is 34.6 Å². The van der Waals surface area contributed by atoms with E-state index in [0.717, 1.165) is 19.0 Å². The van der Waals surface area contributed by atoms with Crippen LogP contribution in [0.3, 0.4) is 0 Å². The molecule has 0 saturated carbocycles. The van der Waals surface area contributed by atoms with Gasteiger partial charge in [0.05, 0.1) is 0 Å². The fourth-order valence-electron chi connectivity index (χ4n) is 1.19. The van der Waals surface area contributed by atoms with E-state index >= 15 is 0 Å². The van der Waals surface area contributed by atoms with Crippen LogP contribution in [0.25, 0.3) is 0 Å². The van der Waals surface area contributed by atoms with Gasteiger partial charge in [0.2, 0.25) is 5.91 Å². The monoisotopic (exact) mass is 256 g/mol. The van der Waals surface area contributed by atoms with E-state index in [1.165, 1.54) is 0 Å². The zero-order valence-electron chi connectivity index (χ0n) is 12.3. The Bertz CT molecular complexity index is 262. The van der Waals surface area contributed by atoms with Gasteiger partial charge in [0.1, 0.15) is 0 Å². The van der Waals surface area contributed by atoms with E-state index in [2.05, 4.69) is 34.8 Å². The Hall–Kier alpha value is -1.26. The van der Waals surface area contributed by atoms with Gasteiger partial charge in [0, 0.05) is 32.1 Å². The molecule has 0 saturated heterocycles. The highest BCUT2D eigenvalue weighted by molar-refractivity contribution is 5.80. The minimum Gasteiger partial charge on any atom is -0.357 e. The van der Waals surface area contributed by atoms with Gasteiger partial charge in [0.25, 0.3) is 0 Å². The van der Waals surface area contributed by atoms with E-state index in [1.54, 1.807) is 0 Å². The van der Waals surface area contributed by atoms with Gasteiger partial charge < -0.3 is 16.0 Å². The van der Waals surface area contributed by atoms with Crippen LogP contribution in [0.4, 0.5) is 0 Å².